The quantitative estimate of drug-likeness (QED) is 0.417. The van der Waals surface area contributed by atoms with Crippen LogP contribution in [0, 0.1) is 0 Å². The maximum Gasteiger partial charge on any atom is 0.338 e. The van der Waals surface area contributed by atoms with E-state index < -0.39 is 34.5 Å². The lowest BCUT2D eigenvalue weighted by atomic mass is 9.99. The maximum absolute atomic E-state index is 13.3. The summed E-state index contributed by atoms with van der Waals surface area (Å²) in [6.45, 7) is 3.37. The lowest BCUT2D eigenvalue weighted by molar-refractivity contribution is -0.124. The zero-order chi connectivity index (χ0) is 27.3. The average Bonchev–Trinajstić information content (AvgIpc) is 2.91. The molecule has 8 nitrogen and oxygen atoms in total. The van der Waals surface area contributed by atoms with Crippen LogP contribution >= 0.6 is 11.6 Å². The van der Waals surface area contributed by atoms with Crippen molar-refractivity contribution < 1.29 is 27.5 Å². The highest BCUT2D eigenvalue weighted by Crippen LogP contribution is 2.28. The fourth-order valence-electron chi connectivity index (χ4n) is 4.36. The van der Waals surface area contributed by atoms with Gasteiger partial charge in [0.25, 0.3) is 5.91 Å². The number of hydrogen-bond donors (Lipinski definition) is 1. The molecule has 0 bridgehead atoms. The number of ether oxygens (including phenoxy) is 2. The van der Waals surface area contributed by atoms with Crippen molar-refractivity contribution in [2.24, 2.45) is 0 Å². The molecular formula is C28H29ClN2O6S. The number of esters is 1. The minimum atomic E-state index is -3.99. The van der Waals surface area contributed by atoms with Gasteiger partial charge in [0.2, 0.25) is 10.0 Å². The molecular weight excluding hydrogens is 528 g/mol. The van der Waals surface area contributed by atoms with Crippen molar-refractivity contribution in [3.05, 3.63) is 101 Å². The topological polar surface area (TPSA) is 102 Å². The zero-order valence-corrected chi connectivity index (χ0v) is 22.6. The summed E-state index contributed by atoms with van der Waals surface area (Å²) in [5.74, 6) is -1.35. The van der Waals surface area contributed by atoms with Gasteiger partial charge in [-0.15, -0.1) is 0 Å². The van der Waals surface area contributed by atoms with E-state index in [1.165, 1.54) is 22.5 Å². The van der Waals surface area contributed by atoms with Crippen LogP contribution in [0.25, 0.3) is 0 Å². The van der Waals surface area contributed by atoms with Crippen LogP contribution in [0.5, 0.6) is 0 Å². The molecule has 0 unspecified atom stereocenters. The van der Waals surface area contributed by atoms with Gasteiger partial charge in [0.05, 0.1) is 28.8 Å². The number of morpholine rings is 1. The largest absolute Gasteiger partial charge is 0.452 e. The highest BCUT2D eigenvalue weighted by atomic mass is 35.5. The van der Waals surface area contributed by atoms with Crippen molar-refractivity contribution >= 4 is 33.5 Å². The van der Waals surface area contributed by atoms with Crippen molar-refractivity contribution in [2.75, 3.05) is 19.7 Å². The molecule has 3 aromatic carbocycles. The van der Waals surface area contributed by atoms with Gasteiger partial charge in [-0.3, -0.25) is 4.79 Å². The monoisotopic (exact) mass is 556 g/mol. The number of hydrogen-bond acceptors (Lipinski definition) is 6. The van der Waals surface area contributed by atoms with Gasteiger partial charge in [-0.05, 0) is 43.2 Å². The summed E-state index contributed by atoms with van der Waals surface area (Å²) in [4.78, 5) is 25.3. The van der Waals surface area contributed by atoms with Crippen molar-refractivity contribution in [3.63, 3.8) is 0 Å². The predicted molar refractivity (Wildman–Crippen MR) is 143 cm³/mol. The van der Waals surface area contributed by atoms with Gasteiger partial charge >= 0.3 is 5.97 Å². The van der Waals surface area contributed by atoms with Gasteiger partial charge in [0.1, 0.15) is 4.90 Å². The van der Waals surface area contributed by atoms with Crippen LogP contribution in [-0.2, 0) is 24.3 Å². The Morgan fingerprint density at radius 2 is 1.53 bits per heavy atom. The predicted octanol–water partition coefficient (Wildman–Crippen LogP) is 4.20. The molecule has 3 aromatic rings. The fraction of sp³-hybridized carbons (Fsp3) is 0.286. The second kappa shape index (κ2) is 12.1. The summed E-state index contributed by atoms with van der Waals surface area (Å²) < 4.78 is 38.7. The van der Waals surface area contributed by atoms with E-state index in [1.807, 2.05) is 60.7 Å². The normalized spacial score (nSPS) is 18.2. The van der Waals surface area contributed by atoms with Crippen LogP contribution < -0.4 is 5.32 Å². The molecule has 1 heterocycles. The Bertz CT molecular complexity index is 1340. The van der Waals surface area contributed by atoms with E-state index in [0.29, 0.717) is 0 Å². The molecule has 0 aliphatic carbocycles. The zero-order valence-electron chi connectivity index (χ0n) is 21.0. The second-order valence-corrected chi connectivity index (χ2v) is 11.4. The van der Waals surface area contributed by atoms with Gasteiger partial charge < -0.3 is 14.8 Å². The molecule has 1 fully saturated rings. The van der Waals surface area contributed by atoms with Crippen molar-refractivity contribution in [2.45, 2.75) is 37.0 Å². The summed E-state index contributed by atoms with van der Waals surface area (Å²) >= 11 is 6.23. The number of sulfonamides is 1. The molecule has 1 N–H and O–H groups in total. The summed E-state index contributed by atoms with van der Waals surface area (Å²) in [5.41, 5.74) is 1.72. The van der Waals surface area contributed by atoms with Gasteiger partial charge in [-0.25, -0.2) is 13.2 Å². The molecule has 1 saturated heterocycles. The van der Waals surface area contributed by atoms with E-state index in [-0.39, 0.29) is 40.8 Å². The Balaban J connectivity index is 1.46. The van der Waals surface area contributed by atoms with Gasteiger partial charge in [0, 0.05) is 13.1 Å². The number of nitrogens with one attached hydrogen (secondary N) is 1. The number of carbonyl (C=O) groups excluding carboxylic acids is 2. The number of rotatable bonds is 8. The highest BCUT2D eigenvalue weighted by Gasteiger charge is 2.34. The Hall–Kier alpha value is -3.24. The molecule has 0 spiro atoms. The summed E-state index contributed by atoms with van der Waals surface area (Å²) in [6.07, 6.45) is -0.566. The minimum absolute atomic E-state index is 0.0142. The molecule has 1 amide bonds. The van der Waals surface area contributed by atoms with Crippen molar-refractivity contribution in [3.8, 4) is 0 Å². The van der Waals surface area contributed by atoms with Crippen LogP contribution in [0.1, 0.15) is 41.4 Å². The third-order valence-electron chi connectivity index (χ3n) is 6.08. The maximum atomic E-state index is 13.3. The standard InChI is InChI=1S/C28H29ClN2O6S/c1-19-16-31(17-20(2)37-19)38(34,35)25-15-23(13-14-24(25)29)28(33)36-18-26(32)30-27(21-9-5-3-6-10-21)22-11-7-4-8-12-22/h3-15,19-20,27H,16-18H2,1-2H3,(H,30,32)/t19-,20-/m0/s1. The van der Waals surface area contributed by atoms with Crippen LogP contribution in [-0.4, -0.2) is 56.5 Å². The first-order chi connectivity index (χ1) is 18.1. The Morgan fingerprint density at radius 1 is 0.974 bits per heavy atom. The molecule has 1 aliphatic rings. The molecule has 2 atom stereocenters. The molecule has 0 radical (unpaired) electrons. The SMILES string of the molecule is C[C@H]1CN(S(=O)(=O)c2cc(C(=O)OCC(=O)NC(c3ccccc3)c3ccccc3)ccc2Cl)C[C@H](C)O1. The Morgan fingerprint density at radius 3 is 2.08 bits per heavy atom. The van der Waals surface area contributed by atoms with Crippen LogP contribution in [0.4, 0.5) is 0 Å². The van der Waals surface area contributed by atoms with Crippen molar-refractivity contribution in [1.29, 1.82) is 0 Å². The van der Waals surface area contributed by atoms with E-state index in [1.54, 1.807) is 13.8 Å². The highest BCUT2D eigenvalue weighted by molar-refractivity contribution is 7.89. The lowest BCUT2D eigenvalue weighted by Crippen LogP contribution is -2.48. The van der Waals surface area contributed by atoms with E-state index in [4.69, 9.17) is 21.1 Å². The molecule has 4 rings (SSSR count). The van der Waals surface area contributed by atoms with Gasteiger partial charge in [-0.2, -0.15) is 4.31 Å². The Labute approximate surface area is 227 Å². The third kappa shape index (κ3) is 6.60. The number of nitrogens with zero attached hydrogens (tertiary/aromatic N) is 1. The summed E-state index contributed by atoms with van der Waals surface area (Å²) in [6, 6.07) is 22.3. The molecule has 38 heavy (non-hydrogen) atoms. The average molecular weight is 557 g/mol. The van der Waals surface area contributed by atoms with E-state index in [0.717, 1.165) is 11.1 Å². The van der Waals surface area contributed by atoms with Gasteiger partial charge in [-0.1, -0.05) is 72.3 Å². The number of carbonyl (C=O) groups is 2. The van der Waals surface area contributed by atoms with E-state index in [9.17, 15) is 18.0 Å². The smallest absolute Gasteiger partial charge is 0.338 e. The lowest BCUT2D eigenvalue weighted by Gasteiger charge is -2.34. The van der Waals surface area contributed by atoms with E-state index in [2.05, 4.69) is 5.32 Å². The Kier molecular flexibility index (Phi) is 8.83. The molecule has 10 heteroatoms. The molecule has 200 valence electrons. The number of amides is 1. The molecule has 0 aromatic heterocycles. The van der Waals surface area contributed by atoms with Crippen LogP contribution in [0.2, 0.25) is 5.02 Å². The minimum Gasteiger partial charge on any atom is -0.452 e. The summed E-state index contributed by atoms with van der Waals surface area (Å²) in [5, 5.41) is 2.89. The van der Waals surface area contributed by atoms with Crippen LogP contribution in [0.15, 0.2) is 83.8 Å². The third-order valence-corrected chi connectivity index (χ3v) is 8.39. The van der Waals surface area contributed by atoms with Crippen LogP contribution in [0.3, 0.4) is 0 Å². The molecule has 0 saturated carbocycles. The molecule has 1 aliphatic heterocycles. The first kappa shape index (κ1) is 27.8. The summed E-state index contributed by atoms with van der Waals surface area (Å²) in [7, 11) is -3.99. The van der Waals surface area contributed by atoms with E-state index >= 15 is 0 Å². The fourth-order valence-corrected chi connectivity index (χ4v) is 6.45. The van der Waals surface area contributed by atoms with Gasteiger partial charge in [0.15, 0.2) is 6.61 Å². The number of halogens is 1. The first-order valence-electron chi connectivity index (χ1n) is 12.2. The second-order valence-electron chi connectivity index (χ2n) is 9.12. The first-order valence-corrected chi connectivity index (χ1v) is 14.0. The van der Waals surface area contributed by atoms with Crippen molar-refractivity contribution in [1.82, 2.24) is 9.62 Å². The number of benzene rings is 3.